The second-order valence-corrected chi connectivity index (χ2v) is 9.22. The highest BCUT2D eigenvalue weighted by atomic mass is 16.5. The monoisotopic (exact) mass is 484 g/mol. The van der Waals surface area contributed by atoms with Crippen LogP contribution >= 0.6 is 0 Å². The normalized spacial score (nSPS) is 18.4. The first-order chi connectivity index (χ1) is 17.5. The number of ketones is 2. The maximum atomic E-state index is 13.4. The molecule has 1 N–H and O–H groups in total. The largest absolute Gasteiger partial charge is 0.511 e. The molecule has 7 heteroatoms. The van der Waals surface area contributed by atoms with Crippen molar-refractivity contribution in [2.45, 2.75) is 50.9 Å². The third-order valence-corrected chi connectivity index (χ3v) is 6.85. The van der Waals surface area contributed by atoms with Gasteiger partial charge in [0, 0.05) is 25.7 Å². The summed E-state index contributed by atoms with van der Waals surface area (Å²) in [7, 11) is 1.59. The zero-order valence-electron chi connectivity index (χ0n) is 20.2. The summed E-state index contributed by atoms with van der Waals surface area (Å²) in [5.41, 5.74) is 3.57. The summed E-state index contributed by atoms with van der Waals surface area (Å²) in [6.45, 7) is 0. The van der Waals surface area contributed by atoms with Crippen LogP contribution in [0.15, 0.2) is 75.4 Å². The number of aryl methyl sites for hydroxylation is 2. The van der Waals surface area contributed by atoms with Crippen LogP contribution in [0.5, 0.6) is 5.75 Å². The van der Waals surface area contributed by atoms with E-state index in [-0.39, 0.29) is 28.8 Å². The molecular weight excluding hydrogens is 456 g/mol. The van der Waals surface area contributed by atoms with E-state index in [0.29, 0.717) is 72.7 Å². The summed E-state index contributed by atoms with van der Waals surface area (Å²) < 4.78 is 10.7. The molecule has 2 aliphatic rings. The lowest BCUT2D eigenvalue weighted by atomic mass is 9.80. The molecule has 0 bridgehead atoms. The molecule has 0 spiro atoms. The molecule has 184 valence electrons. The predicted octanol–water partition coefficient (Wildman–Crippen LogP) is 5.87. The summed E-state index contributed by atoms with van der Waals surface area (Å²) in [4.78, 5) is 30.6. The molecule has 0 saturated heterocycles. The van der Waals surface area contributed by atoms with Crippen molar-refractivity contribution < 1.29 is 24.0 Å². The number of ether oxygens (including phenoxy) is 1. The molecule has 0 amide bonds. The molecule has 36 heavy (non-hydrogen) atoms. The van der Waals surface area contributed by atoms with Gasteiger partial charge >= 0.3 is 0 Å². The number of benzene rings is 2. The molecule has 2 aromatic carbocycles. The maximum absolute atomic E-state index is 13.4. The minimum atomic E-state index is -0.141. The lowest BCUT2D eigenvalue weighted by Gasteiger charge is -2.24. The molecular formula is C29H28N2O5. The molecule has 5 rings (SSSR count). The van der Waals surface area contributed by atoms with Crippen molar-refractivity contribution in [2.24, 2.45) is 4.99 Å². The van der Waals surface area contributed by atoms with Crippen molar-refractivity contribution in [3.05, 3.63) is 88.5 Å². The maximum Gasteiger partial charge on any atom is 0.168 e. The molecule has 1 unspecified atom stereocenters. The fourth-order valence-corrected chi connectivity index (χ4v) is 5.02. The van der Waals surface area contributed by atoms with Gasteiger partial charge in [0.1, 0.15) is 17.3 Å². The van der Waals surface area contributed by atoms with Gasteiger partial charge in [-0.2, -0.15) is 0 Å². The minimum Gasteiger partial charge on any atom is -0.511 e. The Hall–Kier alpha value is -4.00. The van der Waals surface area contributed by atoms with Crippen molar-refractivity contribution in [1.82, 2.24) is 5.16 Å². The lowest BCUT2D eigenvalue weighted by molar-refractivity contribution is -0.116. The van der Waals surface area contributed by atoms with E-state index in [2.05, 4.69) is 5.16 Å². The third-order valence-electron chi connectivity index (χ3n) is 6.85. The lowest BCUT2D eigenvalue weighted by Crippen LogP contribution is -2.24. The summed E-state index contributed by atoms with van der Waals surface area (Å²) in [5, 5.41) is 15.2. The molecule has 7 nitrogen and oxygen atoms in total. The number of aliphatic hydroxyl groups excluding tert-OH is 1. The number of nitrogens with zero attached hydrogens (tertiary/aromatic N) is 2. The Balaban J connectivity index is 1.47. The van der Waals surface area contributed by atoms with Crippen LogP contribution in [0.2, 0.25) is 0 Å². The smallest absolute Gasteiger partial charge is 0.168 e. The topological polar surface area (TPSA) is 102 Å². The number of methoxy groups -OCH3 is 1. The highest BCUT2D eigenvalue weighted by molar-refractivity contribution is 6.24. The SMILES string of the molecule is COc1ccc(N=C(CCc2noc3c2C(=O)CCC3)C2=C(O)CC(c3ccccc3)CC2=O)cc1. The van der Waals surface area contributed by atoms with Crippen LogP contribution in [0.3, 0.4) is 0 Å². The van der Waals surface area contributed by atoms with Crippen molar-refractivity contribution in [2.75, 3.05) is 7.11 Å². The number of rotatable bonds is 7. The summed E-state index contributed by atoms with van der Waals surface area (Å²) >= 11 is 0. The number of Topliss-reactive ketones (excluding diaryl/α,β-unsaturated/α-hetero) is 2. The van der Waals surface area contributed by atoms with Crippen LogP contribution in [0.1, 0.15) is 65.4 Å². The van der Waals surface area contributed by atoms with E-state index in [4.69, 9.17) is 14.3 Å². The predicted molar refractivity (Wildman–Crippen MR) is 135 cm³/mol. The number of aliphatic imine (C=N–C) groups is 1. The van der Waals surface area contributed by atoms with Gasteiger partial charge in [-0.15, -0.1) is 0 Å². The Morgan fingerprint density at radius 2 is 1.83 bits per heavy atom. The van der Waals surface area contributed by atoms with E-state index < -0.39 is 0 Å². The van der Waals surface area contributed by atoms with Crippen LogP contribution in [-0.2, 0) is 17.6 Å². The number of hydrogen-bond acceptors (Lipinski definition) is 7. The van der Waals surface area contributed by atoms with Gasteiger partial charge < -0.3 is 14.4 Å². The van der Waals surface area contributed by atoms with Gasteiger partial charge in [-0.05, 0) is 55.0 Å². The highest BCUT2D eigenvalue weighted by Gasteiger charge is 2.32. The molecule has 0 radical (unpaired) electrons. The van der Waals surface area contributed by atoms with Gasteiger partial charge in [-0.3, -0.25) is 14.6 Å². The molecule has 2 aliphatic carbocycles. The number of aliphatic hydroxyl groups is 1. The van der Waals surface area contributed by atoms with Crippen LogP contribution in [0, 0.1) is 0 Å². The van der Waals surface area contributed by atoms with E-state index in [1.54, 1.807) is 31.4 Å². The fourth-order valence-electron chi connectivity index (χ4n) is 5.02. The van der Waals surface area contributed by atoms with Crippen LogP contribution < -0.4 is 4.74 Å². The van der Waals surface area contributed by atoms with Crippen molar-refractivity contribution in [3.63, 3.8) is 0 Å². The minimum absolute atomic E-state index is 0.0441. The molecule has 1 aromatic heterocycles. The van der Waals surface area contributed by atoms with Crippen molar-refractivity contribution in [1.29, 1.82) is 0 Å². The number of allylic oxidation sites excluding steroid dienone is 2. The van der Waals surface area contributed by atoms with Gasteiger partial charge in [0.2, 0.25) is 0 Å². The molecule has 0 saturated carbocycles. The Kier molecular flexibility index (Phi) is 6.80. The van der Waals surface area contributed by atoms with Crippen molar-refractivity contribution in [3.8, 4) is 5.75 Å². The van der Waals surface area contributed by atoms with Gasteiger partial charge in [-0.1, -0.05) is 35.5 Å². The standard InChI is InChI=1S/C29H28N2O5/c1-35-21-12-10-20(11-13-21)30-22(14-15-23-29-24(32)8-5-9-27(29)36-31-23)28-25(33)16-19(17-26(28)34)18-6-3-2-4-7-18/h2-4,6-7,10-13,19,33H,5,8-9,14-17H2,1H3. The van der Waals surface area contributed by atoms with Crippen LogP contribution in [0.4, 0.5) is 5.69 Å². The number of hydrogen-bond donors (Lipinski definition) is 1. The molecule has 1 heterocycles. The quantitative estimate of drug-likeness (QED) is 0.421. The number of carbonyl (C=O) groups excluding carboxylic acids is 2. The van der Waals surface area contributed by atoms with Gasteiger partial charge in [0.15, 0.2) is 11.6 Å². The number of carbonyl (C=O) groups is 2. The van der Waals surface area contributed by atoms with E-state index in [1.165, 1.54) is 0 Å². The Morgan fingerprint density at radius 3 is 2.56 bits per heavy atom. The average Bonchev–Trinajstić information content (AvgIpc) is 3.32. The second kappa shape index (κ2) is 10.3. The Labute approximate surface area is 209 Å². The van der Waals surface area contributed by atoms with Gasteiger partial charge in [0.25, 0.3) is 0 Å². The third kappa shape index (κ3) is 4.87. The first-order valence-corrected chi connectivity index (χ1v) is 12.3. The van der Waals surface area contributed by atoms with E-state index in [0.717, 1.165) is 12.0 Å². The van der Waals surface area contributed by atoms with Crippen LogP contribution in [0.25, 0.3) is 0 Å². The average molecular weight is 485 g/mol. The molecule has 0 aliphatic heterocycles. The van der Waals surface area contributed by atoms with Gasteiger partial charge in [-0.25, -0.2) is 0 Å². The summed E-state index contributed by atoms with van der Waals surface area (Å²) in [6, 6.07) is 17.0. The number of aromatic nitrogens is 1. The van der Waals surface area contributed by atoms with E-state index in [9.17, 15) is 14.7 Å². The first kappa shape index (κ1) is 23.7. The Bertz CT molecular complexity index is 1340. The van der Waals surface area contributed by atoms with Gasteiger partial charge in [0.05, 0.1) is 35.3 Å². The van der Waals surface area contributed by atoms with Crippen LogP contribution in [-0.4, -0.2) is 34.7 Å². The first-order valence-electron chi connectivity index (χ1n) is 12.3. The zero-order chi connectivity index (χ0) is 25.1. The highest BCUT2D eigenvalue weighted by Crippen LogP contribution is 2.35. The van der Waals surface area contributed by atoms with E-state index in [1.807, 2.05) is 30.3 Å². The Morgan fingerprint density at radius 1 is 1.06 bits per heavy atom. The molecule has 3 aromatic rings. The van der Waals surface area contributed by atoms with Crippen molar-refractivity contribution >= 4 is 23.0 Å². The number of fused-ring (bicyclic) bond motifs is 1. The summed E-state index contributed by atoms with van der Waals surface area (Å²) in [6.07, 6.45) is 3.33. The zero-order valence-corrected chi connectivity index (χ0v) is 20.2. The second-order valence-electron chi connectivity index (χ2n) is 9.22. The molecule has 1 atom stereocenters. The fraction of sp³-hybridized carbons (Fsp3) is 0.310. The van der Waals surface area contributed by atoms with E-state index >= 15 is 0 Å². The molecule has 0 fully saturated rings. The summed E-state index contributed by atoms with van der Waals surface area (Å²) in [5.74, 6) is 1.21.